The van der Waals surface area contributed by atoms with Gasteiger partial charge >= 0.3 is 0 Å². The van der Waals surface area contributed by atoms with Crippen LogP contribution in [0.4, 0.5) is 0 Å². The largest absolute Gasteiger partial charge is 0.484 e. The second-order valence-corrected chi connectivity index (χ2v) is 3.15. The van der Waals surface area contributed by atoms with Gasteiger partial charge < -0.3 is 4.74 Å². The highest BCUT2D eigenvalue weighted by Gasteiger charge is 2.11. The Morgan fingerprint density at radius 2 is 2.50 bits per heavy atom. The van der Waals surface area contributed by atoms with E-state index in [2.05, 4.69) is 11.6 Å². The lowest BCUT2D eigenvalue weighted by molar-refractivity contribution is 0.386. The highest BCUT2D eigenvalue weighted by atomic mass is 16.5. The van der Waals surface area contributed by atoms with Crippen molar-refractivity contribution < 1.29 is 4.74 Å². The quantitative estimate of drug-likeness (QED) is 0.579. The third-order valence-electron chi connectivity index (χ3n) is 2.18. The van der Waals surface area contributed by atoms with E-state index in [1.54, 1.807) is 7.11 Å². The van der Waals surface area contributed by atoms with Crippen LogP contribution in [0.1, 0.15) is 32.1 Å². The van der Waals surface area contributed by atoms with Crippen molar-refractivity contribution >= 4 is 5.90 Å². The van der Waals surface area contributed by atoms with Crippen LogP contribution in [0.25, 0.3) is 0 Å². The van der Waals surface area contributed by atoms with Gasteiger partial charge in [0.25, 0.3) is 0 Å². The molecular formula is C10H17NO. The second kappa shape index (κ2) is 4.96. The predicted molar refractivity (Wildman–Crippen MR) is 51.5 cm³/mol. The summed E-state index contributed by atoms with van der Waals surface area (Å²) in [4.78, 5) is 4.51. The van der Waals surface area contributed by atoms with Gasteiger partial charge in [-0.2, -0.15) is 0 Å². The number of rotatable bonds is 2. The zero-order chi connectivity index (χ0) is 8.81. The predicted octanol–water partition coefficient (Wildman–Crippen LogP) is 2.55. The summed E-state index contributed by atoms with van der Waals surface area (Å²) in [5.74, 6) is 0.916. The highest BCUT2D eigenvalue weighted by Crippen LogP contribution is 2.16. The Morgan fingerprint density at radius 1 is 1.67 bits per heavy atom. The van der Waals surface area contributed by atoms with E-state index in [1.807, 2.05) is 6.08 Å². The van der Waals surface area contributed by atoms with E-state index in [0.717, 1.165) is 18.7 Å². The van der Waals surface area contributed by atoms with Gasteiger partial charge in [-0.1, -0.05) is 12.5 Å². The van der Waals surface area contributed by atoms with Crippen molar-refractivity contribution in [1.82, 2.24) is 0 Å². The average Bonchev–Trinajstić information content (AvgIpc) is 2.30. The minimum Gasteiger partial charge on any atom is -0.484 e. The molecule has 0 amide bonds. The van der Waals surface area contributed by atoms with E-state index in [9.17, 15) is 0 Å². The van der Waals surface area contributed by atoms with Gasteiger partial charge in [0, 0.05) is 6.42 Å². The molecule has 0 N–H and O–H groups in total. The molecule has 1 unspecified atom stereocenters. The summed E-state index contributed by atoms with van der Waals surface area (Å²) < 4.78 is 5.16. The Labute approximate surface area is 74.3 Å². The van der Waals surface area contributed by atoms with Crippen LogP contribution >= 0.6 is 0 Å². The molecule has 0 aliphatic carbocycles. The fraction of sp³-hybridized carbons (Fsp3) is 0.700. The molecule has 1 rings (SSSR count). The van der Waals surface area contributed by atoms with Gasteiger partial charge in [-0.15, -0.1) is 6.58 Å². The standard InChI is InChI=1S/C10H17NO/c1-3-6-9-7-4-5-8-10(11-9)12-2/h3,9H,1,4-8H2,2H3. The summed E-state index contributed by atoms with van der Waals surface area (Å²) in [7, 11) is 1.70. The molecule has 0 saturated carbocycles. The van der Waals surface area contributed by atoms with Crippen LogP contribution < -0.4 is 0 Å². The second-order valence-electron chi connectivity index (χ2n) is 3.15. The van der Waals surface area contributed by atoms with Crippen molar-refractivity contribution in [3.05, 3.63) is 12.7 Å². The molecule has 2 nitrogen and oxygen atoms in total. The van der Waals surface area contributed by atoms with Crippen LogP contribution in [0.2, 0.25) is 0 Å². The molecule has 1 atom stereocenters. The van der Waals surface area contributed by atoms with Crippen LogP contribution in [0.15, 0.2) is 17.6 Å². The minimum atomic E-state index is 0.417. The van der Waals surface area contributed by atoms with E-state index in [1.165, 1.54) is 19.3 Å². The maximum Gasteiger partial charge on any atom is 0.183 e. The summed E-state index contributed by atoms with van der Waals surface area (Å²) >= 11 is 0. The third-order valence-corrected chi connectivity index (χ3v) is 2.18. The first-order valence-electron chi connectivity index (χ1n) is 4.58. The van der Waals surface area contributed by atoms with E-state index in [0.29, 0.717) is 6.04 Å². The third kappa shape index (κ3) is 2.68. The Hall–Kier alpha value is -0.790. The smallest absolute Gasteiger partial charge is 0.183 e. The molecule has 0 aromatic carbocycles. The molecule has 0 radical (unpaired) electrons. The number of hydrogen-bond acceptors (Lipinski definition) is 2. The number of aliphatic imine (C=N–C) groups is 1. The summed E-state index contributed by atoms with van der Waals surface area (Å²) in [5.41, 5.74) is 0. The van der Waals surface area contributed by atoms with Crippen molar-refractivity contribution in [2.75, 3.05) is 7.11 Å². The molecule has 0 aromatic rings. The molecule has 0 spiro atoms. The lowest BCUT2D eigenvalue weighted by Gasteiger charge is -2.07. The molecular weight excluding hydrogens is 150 g/mol. The van der Waals surface area contributed by atoms with Gasteiger partial charge in [-0.3, -0.25) is 4.99 Å². The molecule has 0 bridgehead atoms. The topological polar surface area (TPSA) is 21.6 Å². The zero-order valence-corrected chi connectivity index (χ0v) is 7.75. The fourth-order valence-electron chi connectivity index (χ4n) is 1.51. The first-order chi connectivity index (χ1) is 5.86. The lowest BCUT2D eigenvalue weighted by atomic mass is 10.1. The van der Waals surface area contributed by atoms with Gasteiger partial charge in [0.1, 0.15) is 0 Å². The fourth-order valence-corrected chi connectivity index (χ4v) is 1.51. The van der Waals surface area contributed by atoms with E-state index in [4.69, 9.17) is 4.74 Å². The van der Waals surface area contributed by atoms with Crippen molar-refractivity contribution in [3.63, 3.8) is 0 Å². The molecule has 68 valence electrons. The van der Waals surface area contributed by atoms with Crippen molar-refractivity contribution in [3.8, 4) is 0 Å². The van der Waals surface area contributed by atoms with E-state index >= 15 is 0 Å². The Bertz CT molecular complexity index is 175. The summed E-state index contributed by atoms with van der Waals surface area (Å²) in [5, 5.41) is 0. The Kier molecular flexibility index (Phi) is 3.85. The van der Waals surface area contributed by atoms with Gasteiger partial charge in [0.2, 0.25) is 0 Å². The number of hydrogen-bond donors (Lipinski definition) is 0. The highest BCUT2D eigenvalue weighted by molar-refractivity contribution is 5.76. The monoisotopic (exact) mass is 167 g/mol. The van der Waals surface area contributed by atoms with Gasteiger partial charge in [0.15, 0.2) is 5.90 Å². The first kappa shape index (κ1) is 9.30. The van der Waals surface area contributed by atoms with E-state index < -0.39 is 0 Å². The molecule has 1 aliphatic rings. The molecule has 12 heavy (non-hydrogen) atoms. The number of ether oxygens (including phenoxy) is 1. The SMILES string of the molecule is C=CCC1CCCCC(OC)=N1. The van der Waals surface area contributed by atoms with Crippen LogP contribution in [0.5, 0.6) is 0 Å². The van der Waals surface area contributed by atoms with Gasteiger partial charge in [0.05, 0.1) is 13.2 Å². The van der Waals surface area contributed by atoms with Crippen molar-refractivity contribution in [2.24, 2.45) is 4.99 Å². The van der Waals surface area contributed by atoms with E-state index in [-0.39, 0.29) is 0 Å². The van der Waals surface area contributed by atoms with Crippen LogP contribution in [0, 0.1) is 0 Å². The Balaban J connectivity index is 2.53. The van der Waals surface area contributed by atoms with Crippen LogP contribution in [0.3, 0.4) is 0 Å². The molecule has 1 aliphatic heterocycles. The first-order valence-corrected chi connectivity index (χ1v) is 4.58. The Morgan fingerprint density at radius 3 is 3.17 bits per heavy atom. The summed E-state index contributed by atoms with van der Waals surface area (Å²) in [6.07, 6.45) is 7.57. The molecule has 1 heterocycles. The molecule has 0 fully saturated rings. The zero-order valence-electron chi connectivity index (χ0n) is 7.75. The van der Waals surface area contributed by atoms with Crippen molar-refractivity contribution in [2.45, 2.75) is 38.1 Å². The molecule has 0 saturated heterocycles. The normalized spacial score (nSPS) is 24.1. The summed E-state index contributed by atoms with van der Waals surface area (Å²) in [6.45, 7) is 3.73. The minimum absolute atomic E-state index is 0.417. The van der Waals surface area contributed by atoms with Gasteiger partial charge in [-0.05, 0) is 19.3 Å². The number of nitrogens with zero attached hydrogens (tertiary/aromatic N) is 1. The molecule has 2 heteroatoms. The van der Waals surface area contributed by atoms with Crippen LogP contribution in [-0.2, 0) is 4.74 Å². The maximum atomic E-state index is 5.16. The maximum absolute atomic E-state index is 5.16. The summed E-state index contributed by atoms with van der Waals surface area (Å²) in [6, 6.07) is 0.417. The average molecular weight is 167 g/mol. The molecule has 0 aromatic heterocycles. The van der Waals surface area contributed by atoms with Crippen molar-refractivity contribution in [1.29, 1.82) is 0 Å². The van der Waals surface area contributed by atoms with Gasteiger partial charge in [-0.25, -0.2) is 0 Å². The number of methoxy groups -OCH3 is 1. The van der Waals surface area contributed by atoms with Crippen LogP contribution in [-0.4, -0.2) is 19.0 Å². The lowest BCUT2D eigenvalue weighted by Crippen LogP contribution is -2.06.